The minimum absolute atomic E-state index is 0.144. The van der Waals surface area contributed by atoms with E-state index in [4.69, 9.17) is 0 Å². The first kappa shape index (κ1) is 16.5. The number of hydrogen-bond donors (Lipinski definition) is 2. The Kier molecular flexibility index (Phi) is 6.37. The van der Waals surface area contributed by atoms with Crippen molar-refractivity contribution in [3.63, 3.8) is 0 Å². The van der Waals surface area contributed by atoms with E-state index in [0.29, 0.717) is 24.1 Å². The summed E-state index contributed by atoms with van der Waals surface area (Å²) in [5.74, 6) is 0.801. The summed E-state index contributed by atoms with van der Waals surface area (Å²) in [5.41, 5.74) is 1.93. The molecule has 0 saturated heterocycles. The molecule has 0 saturated carbocycles. The van der Waals surface area contributed by atoms with Crippen LogP contribution in [0.1, 0.15) is 56.4 Å². The Bertz CT molecular complexity index is 525. The van der Waals surface area contributed by atoms with Crippen LogP contribution in [0, 0.1) is 5.92 Å². The summed E-state index contributed by atoms with van der Waals surface area (Å²) in [5, 5.41) is 6.08. The van der Waals surface area contributed by atoms with E-state index >= 15 is 0 Å². The summed E-state index contributed by atoms with van der Waals surface area (Å²) < 4.78 is 0. The summed E-state index contributed by atoms with van der Waals surface area (Å²) in [4.78, 5) is 20.4. The van der Waals surface area contributed by atoms with Gasteiger partial charge in [-0.05, 0) is 44.1 Å². The largest absolute Gasteiger partial charge is 0.354 e. The normalized spacial score (nSPS) is 14.6. The van der Waals surface area contributed by atoms with Crippen LogP contribution in [-0.2, 0) is 0 Å². The lowest BCUT2D eigenvalue weighted by Gasteiger charge is -2.13. The average molecular weight is 302 g/mol. The zero-order chi connectivity index (χ0) is 15.8. The van der Waals surface area contributed by atoms with Crippen molar-refractivity contribution >= 4 is 11.9 Å². The Morgan fingerprint density at radius 2 is 2.23 bits per heavy atom. The molecule has 1 aromatic heterocycles. The van der Waals surface area contributed by atoms with Gasteiger partial charge in [-0.1, -0.05) is 25.5 Å². The van der Waals surface area contributed by atoms with Crippen molar-refractivity contribution in [1.82, 2.24) is 15.3 Å². The maximum Gasteiger partial charge on any atom is 0.270 e. The van der Waals surface area contributed by atoms with Gasteiger partial charge in [0.15, 0.2) is 0 Å². The number of nitrogens with zero attached hydrogens (tertiary/aromatic N) is 2. The Labute approximate surface area is 132 Å². The molecule has 5 heteroatoms. The number of nitrogens with one attached hydrogen (secondary N) is 2. The highest BCUT2D eigenvalue weighted by atomic mass is 16.1. The highest BCUT2D eigenvalue weighted by Gasteiger charge is 2.09. The van der Waals surface area contributed by atoms with Gasteiger partial charge < -0.3 is 10.6 Å². The third-order valence-electron chi connectivity index (χ3n) is 3.67. The molecule has 1 aliphatic rings. The van der Waals surface area contributed by atoms with Crippen LogP contribution in [0.3, 0.4) is 0 Å². The molecule has 2 rings (SSSR count). The summed E-state index contributed by atoms with van der Waals surface area (Å²) in [6.45, 7) is 5.59. The third-order valence-corrected chi connectivity index (χ3v) is 3.67. The van der Waals surface area contributed by atoms with Crippen molar-refractivity contribution in [1.29, 1.82) is 0 Å². The van der Waals surface area contributed by atoms with Gasteiger partial charge in [0.2, 0.25) is 5.95 Å². The van der Waals surface area contributed by atoms with Crippen LogP contribution in [0.4, 0.5) is 5.95 Å². The highest BCUT2D eigenvalue weighted by molar-refractivity contribution is 5.92. The van der Waals surface area contributed by atoms with Gasteiger partial charge in [0.05, 0.1) is 0 Å². The SMILES string of the molecule is CC(C)CNC(=O)c1ccnc(NCCC2=CCCCC2)n1. The molecular formula is C17H26N4O. The minimum atomic E-state index is -0.144. The van der Waals surface area contributed by atoms with Gasteiger partial charge in [-0.25, -0.2) is 9.97 Å². The molecule has 1 heterocycles. The Balaban J connectivity index is 1.82. The van der Waals surface area contributed by atoms with Gasteiger partial charge in [-0.15, -0.1) is 0 Å². The average Bonchev–Trinajstić information content (AvgIpc) is 2.54. The fourth-order valence-corrected chi connectivity index (χ4v) is 2.42. The quantitative estimate of drug-likeness (QED) is 0.759. The van der Waals surface area contributed by atoms with Crippen LogP contribution < -0.4 is 10.6 Å². The van der Waals surface area contributed by atoms with Crippen LogP contribution in [-0.4, -0.2) is 29.0 Å². The maximum atomic E-state index is 12.0. The molecule has 1 aromatic rings. The lowest BCUT2D eigenvalue weighted by molar-refractivity contribution is 0.0944. The van der Waals surface area contributed by atoms with Gasteiger partial charge in [0.25, 0.3) is 5.91 Å². The summed E-state index contributed by atoms with van der Waals surface area (Å²) >= 11 is 0. The Hall–Kier alpha value is -1.91. The van der Waals surface area contributed by atoms with Gasteiger partial charge in [0, 0.05) is 19.3 Å². The molecule has 0 aromatic carbocycles. The first-order chi connectivity index (χ1) is 10.6. The molecule has 1 amide bonds. The molecule has 0 atom stereocenters. The predicted octanol–water partition coefficient (Wildman–Crippen LogP) is 3.16. The fourth-order valence-electron chi connectivity index (χ4n) is 2.42. The number of amides is 1. The molecule has 0 unspecified atom stereocenters. The Morgan fingerprint density at radius 1 is 1.36 bits per heavy atom. The second-order valence-electron chi connectivity index (χ2n) is 6.15. The minimum Gasteiger partial charge on any atom is -0.354 e. The number of anilines is 1. The number of rotatable bonds is 7. The Morgan fingerprint density at radius 3 is 2.95 bits per heavy atom. The van der Waals surface area contributed by atoms with Crippen molar-refractivity contribution in [3.05, 3.63) is 29.6 Å². The van der Waals surface area contributed by atoms with Gasteiger partial charge in [0.1, 0.15) is 5.69 Å². The molecule has 0 spiro atoms. The number of allylic oxidation sites excluding steroid dienone is 1. The van der Waals surface area contributed by atoms with E-state index < -0.39 is 0 Å². The van der Waals surface area contributed by atoms with E-state index in [1.807, 2.05) is 0 Å². The molecule has 0 fully saturated rings. The lowest BCUT2D eigenvalue weighted by atomic mass is 9.97. The van der Waals surface area contributed by atoms with Crippen LogP contribution in [0.15, 0.2) is 23.9 Å². The molecular weight excluding hydrogens is 276 g/mol. The number of aromatic nitrogens is 2. The standard InChI is InChI=1S/C17H26N4O/c1-13(2)12-20-16(22)15-9-11-19-17(21-15)18-10-8-14-6-4-3-5-7-14/h6,9,11,13H,3-5,7-8,10,12H2,1-2H3,(H,20,22)(H,18,19,21). The zero-order valence-corrected chi connectivity index (χ0v) is 13.6. The van der Waals surface area contributed by atoms with E-state index in [1.165, 1.54) is 31.3 Å². The molecule has 0 bridgehead atoms. The first-order valence-electron chi connectivity index (χ1n) is 8.18. The summed E-state index contributed by atoms with van der Waals surface area (Å²) in [6, 6.07) is 1.64. The van der Waals surface area contributed by atoms with Crippen LogP contribution in [0.5, 0.6) is 0 Å². The van der Waals surface area contributed by atoms with E-state index in [9.17, 15) is 4.79 Å². The maximum absolute atomic E-state index is 12.0. The van der Waals surface area contributed by atoms with E-state index in [0.717, 1.165) is 13.0 Å². The molecule has 120 valence electrons. The van der Waals surface area contributed by atoms with Crippen molar-refractivity contribution in [2.75, 3.05) is 18.4 Å². The lowest BCUT2D eigenvalue weighted by Crippen LogP contribution is -2.28. The second kappa shape index (κ2) is 8.51. The van der Waals surface area contributed by atoms with Crippen LogP contribution >= 0.6 is 0 Å². The number of hydrogen-bond acceptors (Lipinski definition) is 4. The summed E-state index contributed by atoms with van der Waals surface area (Å²) in [7, 11) is 0. The van der Waals surface area contributed by atoms with Gasteiger partial charge in [-0.3, -0.25) is 4.79 Å². The number of carbonyl (C=O) groups is 1. The molecule has 0 aliphatic heterocycles. The molecule has 22 heavy (non-hydrogen) atoms. The van der Waals surface area contributed by atoms with E-state index in [2.05, 4.69) is 40.5 Å². The van der Waals surface area contributed by atoms with Crippen LogP contribution in [0.25, 0.3) is 0 Å². The van der Waals surface area contributed by atoms with Gasteiger partial charge >= 0.3 is 0 Å². The smallest absolute Gasteiger partial charge is 0.270 e. The molecule has 1 aliphatic carbocycles. The summed E-state index contributed by atoms with van der Waals surface area (Å²) in [6.07, 6.45) is 10.0. The zero-order valence-electron chi connectivity index (χ0n) is 13.6. The van der Waals surface area contributed by atoms with Crippen molar-refractivity contribution in [2.24, 2.45) is 5.92 Å². The van der Waals surface area contributed by atoms with E-state index in [1.54, 1.807) is 12.3 Å². The molecule has 2 N–H and O–H groups in total. The van der Waals surface area contributed by atoms with Crippen molar-refractivity contribution in [3.8, 4) is 0 Å². The topological polar surface area (TPSA) is 66.9 Å². The molecule has 5 nitrogen and oxygen atoms in total. The van der Waals surface area contributed by atoms with E-state index in [-0.39, 0.29) is 5.91 Å². The third kappa shape index (κ3) is 5.47. The van der Waals surface area contributed by atoms with Crippen LogP contribution in [0.2, 0.25) is 0 Å². The van der Waals surface area contributed by atoms with Gasteiger partial charge in [-0.2, -0.15) is 0 Å². The number of carbonyl (C=O) groups excluding carboxylic acids is 1. The second-order valence-corrected chi connectivity index (χ2v) is 6.15. The first-order valence-corrected chi connectivity index (χ1v) is 8.18. The predicted molar refractivity (Wildman–Crippen MR) is 88.9 cm³/mol. The van der Waals surface area contributed by atoms with Crippen molar-refractivity contribution in [2.45, 2.75) is 46.0 Å². The van der Waals surface area contributed by atoms with Crippen molar-refractivity contribution < 1.29 is 4.79 Å². The highest BCUT2D eigenvalue weighted by Crippen LogP contribution is 2.19. The monoisotopic (exact) mass is 302 g/mol. The fraction of sp³-hybridized carbons (Fsp3) is 0.588. The molecule has 0 radical (unpaired) electrons.